The SMILES string of the molecule is CC/C=C\C/C=C\C/C=C\CCCCCC(=O)OC(/C=C\CCC)CCCCCCC(=O)NC(CCCN)C(=O)O. The second-order valence-electron chi connectivity index (χ2n) is 10.5. The van der Waals surface area contributed by atoms with Gasteiger partial charge in [0.15, 0.2) is 0 Å². The van der Waals surface area contributed by atoms with Crippen molar-refractivity contribution < 1.29 is 24.2 Å². The molecule has 0 fully saturated rings. The lowest BCUT2D eigenvalue weighted by Crippen LogP contribution is -2.40. The third-order valence-corrected chi connectivity index (χ3v) is 6.59. The maximum atomic E-state index is 12.4. The van der Waals surface area contributed by atoms with E-state index in [2.05, 4.69) is 61.7 Å². The van der Waals surface area contributed by atoms with Crippen LogP contribution in [0.15, 0.2) is 48.6 Å². The zero-order valence-electron chi connectivity index (χ0n) is 25.9. The molecule has 0 aromatic carbocycles. The minimum absolute atomic E-state index is 0.131. The van der Waals surface area contributed by atoms with Crippen LogP contribution in [-0.2, 0) is 19.1 Å². The molecule has 0 aliphatic heterocycles. The molecule has 0 rings (SSSR count). The lowest BCUT2D eigenvalue weighted by molar-refractivity contribution is -0.147. The molecule has 0 saturated heterocycles. The van der Waals surface area contributed by atoms with Crippen molar-refractivity contribution in [2.45, 2.75) is 142 Å². The number of esters is 1. The van der Waals surface area contributed by atoms with E-state index in [0.717, 1.165) is 83.5 Å². The van der Waals surface area contributed by atoms with Gasteiger partial charge in [-0.25, -0.2) is 4.79 Å². The van der Waals surface area contributed by atoms with Gasteiger partial charge < -0.3 is 20.9 Å². The van der Waals surface area contributed by atoms with E-state index < -0.39 is 12.0 Å². The standard InChI is InChI=1S/C34H58N2O5/c1-3-5-7-8-9-10-11-12-13-14-15-16-22-28-33(38)41-30(24-19-6-4-2)25-20-17-18-21-27-32(37)36-31(34(39)40)26-23-29-35/h5,7,9-10,12-13,19,24,30-31H,3-4,6,8,11,14-18,20-23,25-29,35H2,1-2H3,(H,36,37)(H,39,40)/b7-5-,10-9-,13-12-,24-19-. The number of carboxylic acids is 1. The smallest absolute Gasteiger partial charge is 0.326 e. The zero-order valence-corrected chi connectivity index (χ0v) is 25.9. The molecule has 0 aromatic heterocycles. The number of amides is 1. The quantitative estimate of drug-likeness (QED) is 0.0525. The van der Waals surface area contributed by atoms with Gasteiger partial charge in [0.25, 0.3) is 0 Å². The van der Waals surface area contributed by atoms with Crippen LogP contribution in [0.4, 0.5) is 0 Å². The monoisotopic (exact) mass is 574 g/mol. The Hall–Kier alpha value is -2.67. The van der Waals surface area contributed by atoms with Gasteiger partial charge in [-0.1, -0.05) is 82.1 Å². The van der Waals surface area contributed by atoms with Crippen molar-refractivity contribution >= 4 is 17.8 Å². The van der Waals surface area contributed by atoms with Crippen LogP contribution >= 0.6 is 0 Å². The van der Waals surface area contributed by atoms with Crippen LogP contribution in [0.2, 0.25) is 0 Å². The van der Waals surface area contributed by atoms with E-state index in [0.29, 0.717) is 38.6 Å². The van der Waals surface area contributed by atoms with Gasteiger partial charge in [0.05, 0.1) is 0 Å². The summed E-state index contributed by atoms with van der Waals surface area (Å²) < 4.78 is 5.77. The molecule has 41 heavy (non-hydrogen) atoms. The maximum absolute atomic E-state index is 12.4. The zero-order chi connectivity index (χ0) is 30.4. The summed E-state index contributed by atoms with van der Waals surface area (Å²) in [6.07, 6.45) is 32.0. The number of ether oxygens (including phenoxy) is 1. The Kier molecular flexibility index (Phi) is 27.0. The molecular weight excluding hydrogens is 516 g/mol. The summed E-state index contributed by atoms with van der Waals surface area (Å²) in [6.45, 7) is 4.66. The first-order chi connectivity index (χ1) is 19.9. The van der Waals surface area contributed by atoms with Crippen molar-refractivity contribution in [3.05, 3.63) is 48.6 Å². The lowest BCUT2D eigenvalue weighted by atomic mass is 10.1. The first-order valence-corrected chi connectivity index (χ1v) is 16.0. The van der Waals surface area contributed by atoms with Gasteiger partial charge in [-0.05, 0) is 89.7 Å². The van der Waals surface area contributed by atoms with E-state index in [1.807, 2.05) is 6.08 Å². The summed E-state index contributed by atoms with van der Waals surface area (Å²) in [5.74, 6) is -1.39. The molecule has 0 radical (unpaired) electrons. The second kappa shape index (κ2) is 28.8. The Morgan fingerprint density at radius 3 is 2.10 bits per heavy atom. The maximum Gasteiger partial charge on any atom is 0.326 e. The second-order valence-corrected chi connectivity index (χ2v) is 10.5. The molecule has 0 aliphatic carbocycles. The van der Waals surface area contributed by atoms with Crippen LogP contribution in [0.1, 0.15) is 129 Å². The highest BCUT2D eigenvalue weighted by Crippen LogP contribution is 2.14. The van der Waals surface area contributed by atoms with E-state index in [1.165, 1.54) is 0 Å². The summed E-state index contributed by atoms with van der Waals surface area (Å²) in [7, 11) is 0. The Labute approximate surface area is 249 Å². The summed E-state index contributed by atoms with van der Waals surface area (Å²) in [4.78, 5) is 35.8. The molecule has 7 nitrogen and oxygen atoms in total. The number of nitrogens with one attached hydrogen (secondary N) is 1. The van der Waals surface area contributed by atoms with Gasteiger partial charge in [0.1, 0.15) is 12.1 Å². The molecule has 0 heterocycles. The van der Waals surface area contributed by atoms with Crippen molar-refractivity contribution in [2.75, 3.05) is 6.54 Å². The van der Waals surface area contributed by atoms with Crippen molar-refractivity contribution in [1.82, 2.24) is 5.32 Å². The van der Waals surface area contributed by atoms with E-state index in [1.54, 1.807) is 0 Å². The number of carboxylic acid groups (broad SMARTS) is 1. The van der Waals surface area contributed by atoms with Crippen molar-refractivity contribution in [3.63, 3.8) is 0 Å². The van der Waals surface area contributed by atoms with Crippen molar-refractivity contribution in [3.8, 4) is 0 Å². The molecule has 0 spiro atoms. The summed E-state index contributed by atoms with van der Waals surface area (Å²) in [5.41, 5.74) is 5.44. The number of rotatable bonds is 27. The number of hydrogen-bond acceptors (Lipinski definition) is 5. The minimum atomic E-state index is -1.02. The molecule has 1 amide bonds. The fourth-order valence-electron chi connectivity index (χ4n) is 4.20. The fourth-order valence-corrected chi connectivity index (χ4v) is 4.20. The number of nitrogens with two attached hydrogens (primary N) is 1. The summed E-state index contributed by atoms with van der Waals surface area (Å²) in [5, 5.41) is 11.8. The molecule has 2 unspecified atom stereocenters. The van der Waals surface area contributed by atoms with E-state index in [9.17, 15) is 19.5 Å². The molecule has 0 aromatic rings. The molecule has 2 atom stereocenters. The average Bonchev–Trinajstić information content (AvgIpc) is 2.95. The number of unbranched alkanes of at least 4 members (excludes halogenated alkanes) is 7. The fraction of sp³-hybridized carbons (Fsp3) is 0.676. The van der Waals surface area contributed by atoms with E-state index in [-0.39, 0.29) is 18.0 Å². The number of aliphatic carboxylic acids is 1. The molecule has 0 bridgehead atoms. The van der Waals surface area contributed by atoms with Gasteiger partial charge in [-0.2, -0.15) is 0 Å². The van der Waals surface area contributed by atoms with Crippen molar-refractivity contribution in [1.29, 1.82) is 0 Å². The molecule has 0 aliphatic rings. The van der Waals surface area contributed by atoms with E-state index >= 15 is 0 Å². The van der Waals surface area contributed by atoms with Crippen LogP contribution in [-0.4, -0.2) is 41.6 Å². The van der Waals surface area contributed by atoms with Gasteiger partial charge in [-0.15, -0.1) is 0 Å². The third-order valence-electron chi connectivity index (χ3n) is 6.59. The number of carbonyl (C=O) groups is 3. The van der Waals surface area contributed by atoms with Crippen LogP contribution in [0.5, 0.6) is 0 Å². The first-order valence-electron chi connectivity index (χ1n) is 16.0. The van der Waals surface area contributed by atoms with Gasteiger partial charge in [0, 0.05) is 12.8 Å². The molecule has 0 saturated carbocycles. The van der Waals surface area contributed by atoms with Gasteiger partial charge in [-0.3, -0.25) is 9.59 Å². The highest BCUT2D eigenvalue weighted by molar-refractivity contribution is 5.83. The largest absolute Gasteiger partial charge is 0.480 e. The van der Waals surface area contributed by atoms with Crippen LogP contribution in [0, 0.1) is 0 Å². The summed E-state index contributed by atoms with van der Waals surface area (Å²) >= 11 is 0. The molecular formula is C34H58N2O5. The van der Waals surface area contributed by atoms with Crippen molar-refractivity contribution in [2.24, 2.45) is 5.73 Å². The normalized spacial score (nSPS) is 13.4. The van der Waals surface area contributed by atoms with Crippen LogP contribution < -0.4 is 11.1 Å². The Bertz CT molecular complexity index is 788. The third kappa shape index (κ3) is 26.0. The molecule has 7 heteroatoms. The highest BCUT2D eigenvalue weighted by Gasteiger charge is 2.18. The molecule has 234 valence electrons. The Morgan fingerprint density at radius 1 is 0.756 bits per heavy atom. The number of allylic oxidation sites excluding steroid dienone is 7. The minimum Gasteiger partial charge on any atom is -0.480 e. The van der Waals surface area contributed by atoms with Gasteiger partial charge >= 0.3 is 11.9 Å². The number of carbonyl (C=O) groups excluding carboxylic acids is 2. The lowest BCUT2D eigenvalue weighted by Gasteiger charge is -2.15. The van der Waals surface area contributed by atoms with Crippen LogP contribution in [0.3, 0.4) is 0 Å². The predicted octanol–water partition coefficient (Wildman–Crippen LogP) is 7.71. The highest BCUT2D eigenvalue weighted by atomic mass is 16.5. The Morgan fingerprint density at radius 2 is 1.41 bits per heavy atom. The number of hydrogen-bond donors (Lipinski definition) is 3. The average molecular weight is 575 g/mol. The topological polar surface area (TPSA) is 119 Å². The van der Waals surface area contributed by atoms with Gasteiger partial charge in [0.2, 0.25) is 5.91 Å². The Balaban J connectivity index is 4.14. The first kappa shape index (κ1) is 38.3. The van der Waals surface area contributed by atoms with Crippen LogP contribution in [0.25, 0.3) is 0 Å². The molecule has 4 N–H and O–H groups in total. The summed E-state index contributed by atoms with van der Waals surface area (Å²) in [6, 6.07) is -0.871. The van der Waals surface area contributed by atoms with E-state index in [4.69, 9.17) is 10.5 Å². The predicted molar refractivity (Wildman–Crippen MR) is 170 cm³/mol.